The SMILES string of the molecule is CC(O)c1cnc(CCCO)o1. The number of aryl methyl sites for hydroxylation is 1. The number of hydrogen-bond donors (Lipinski definition) is 2. The smallest absolute Gasteiger partial charge is 0.194 e. The van der Waals surface area contributed by atoms with Crippen LogP contribution in [0.25, 0.3) is 0 Å². The molecule has 0 spiro atoms. The third-order valence-electron chi connectivity index (χ3n) is 1.53. The van der Waals surface area contributed by atoms with E-state index in [0.29, 0.717) is 24.5 Å². The lowest BCUT2D eigenvalue weighted by molar-refractivity contribution is 0.166. The lowest BCUT2D eigenvalue weighted by Gasteiger charge is -1.96. The molecule has 0 aliphatic heterocycles. The summed E-state index contributed by atoms with van der Waals surface area (Å²) >= 11 is 0. The maximum absolute atomic E-state index is 9.08. The van der Waals surface area contributed by atoms with Gasteiger partial charge in [0.1, 0.15) is 6.10 Å². The predicted molar refractivity (Wildman–Crippen MR) is 42.5 cm³/mol. The Balaban J connectivity index is 2.52. The molecule has 0 fully saturated rings. The summed E-state index contributed by atoms with van der Waals surface area (Å²) in [6.45, 7) is 1.75. The van der Waals surface area contributed by atoms with Gasteiger partial charge in [-0.25, -0.2) is 4.98 Å². The molecule has 1 aromatic heterocycles. The fourth-order valence-electron chi connectivity index (χ4n) is 0.863. The van der Waals surface area contributed by atoms with E-state index in [1.165, 1.54) is 6.20 Å². The highest BCUT2D eigenvalue weighted by Gasteiger charge is 2.07. The molecule has 0 bridgehead atoms. The van der Waals surface area contributed by atoms with E-state index in [2.05, 4.69) is 4.98 Å². The summed E-state index contributed by atoms with van der Waals surface area (Å²) in [7, 11) is 0. The molecule has 1 rings (SSSR count). The fraction of sp³-hybridized carbons (Fsp3) is 0.625. The molecule has 1 heterocycles. The van der Waals surface area contributed by atoms with Crippen molar-refractivity contribution in [2.75, 3.05) is 6.61 Å². The molecule has 12 heavy (non-hydrogen) atoms. The zero-order valence-electron chi connectivity index (χ0n) is 7.03. The van der Waals surface area contributed by atoms with Gasteiger partial charge in [0.2, 0.25) is 0 Å². The van der Waals surface area contributed by atoms with Crippen LogP contribution in [0.15, 0.2) is 10.6 Å². The number of nitrogens with zero attached hydrogens (tertiary/aromatic N) is 1. The second-order valence-electron chi connectivity index (χ2n) is 2.66. The van der Waals surface area contributed by atoms with Crippen molar-refractivity contribution in [3.8, 4) is 0 Å². The predicted octanol–water partition coefficient (Wildman–Crippen LogP) is 0.653. The van der Waals surface area contributed by atoms with Gasteiger partial charge >= 0.3 is 0 Å². The van der Waals surface area contributed by atoms with E-state index < -0.39 is 6.10 Å². The molecule has 4 heteroatoms. The Kier molecular flexibility index (Phi) is 3.25. The van der Waals surface area contributed by atoms with Gasteiger partial charge in [-0.05, 0) is 13.3 Å². The van der Waals surface area contributed by atoms with Crippen molar-refractivity contribution < 1.29 is 14.6 Å². The molecule has 1 atom stereocenters. The molecule has 0 radical (unpaired) electrons. The first-order valence-electron chi connectivity index (χ1n) is 3.97. The standard InChI is InChI=1S/C8H13NO3/c1-6(11)7-5-9-8(12-7)3-2-4-10/h5-6,10-11H,2-4H2,1H3. The van der Waals surface area contributed by atoms with Crippen LogP contribution >= 0.6 is 0 Å². The molecule has 0 aromatic carbocycles. The number of oxazole rings is 1. The Morgan fingerprint density at radius 3 is 2.92 bits per heavy atom. The monoisotopic (exact) mass is 171 g/mol. The first-order valence-corrected chi connectivity index (χ1v) is 3.97. The molecule has 4 nitrogen and oxygen atoms in total. The van der Waals surface area contributed by atoms with Crippen molar-refractivity contribution in [3.63, 3.8) is 0 Å². The lowest BCUT2D eigenvalue weighted by atomic mass is 10.3. The third kappa shape index (κ3) is 2.32. The summed E-state index contributed by atoms with van der Waals surface area (Å²) in [5.74, 6) is 1.04. The highest BCUT2D eigenvalue weighted by Crippen LogP contribution is 2.13. The van der Waals surface area contributed by atoms with Crippen molar-refractivity contribution in [2.45, 2.75) is 25.9 Å². The topological polar surface area (TPSA) is 66.5 Å². The first kappa shape index (κ1) is 9.22. The van der Waals surface area contributed by atoms with Crippen molar-refractivity contribution >= 4 is 0 Å². The summed E-state index contributed by atoms with van der Waals surface area (Å²) in [6, 6.07) is 0. The second kappa shape index (κ2) is 4.23. The zero-order valence-corrected chi connectivity index (χ0v) is 7.03. The van der Waals surface area contributed by atoms with Crippen LogP contribution in [0.1, 0.15) is 31.1 Å². The average molecular weight is 171 g/mol. The van der Waals surface area contributed by atoms with Crippen LogP contribution in [0, 0.1) is 0 Å². The molecule has 2 N–H and O–H groups in total. The van der Waals surface area contributed by atoms with Crippen LogP contribution in [0.3, 0.4) is 0 Å². The minimum atomic E-state index is -0.611. The second-order valence-corrected chi connectivity index (χ2v) is 2.66. The Morgan fingerprint density at radius 2 is 2.42 bits per heavy atom. The maximum atomic E-state index is 9.08. The van der Waals surface area contributed by atoms with E-state index in [9.17, 15) is 0 Å². The van der Waals surface area contributed by atoms with E-state index >= 15 is 0 Å². The Labute approximate surface area is 70.9 Å². The summed E-state index contributed by atoms with van der Waals surface area (Å²) in [5, 5.41) is 17.6. The molecule has 0 aliphatic rings. The van der Waals surface area contributed by atoms with Crippen LogP contribution in [-0.4, -0.2) is 21.8 Å². The molecular formula is C8H13NO3. The van der Waals surface area contributed by atoms with Gasteiger partial charge in [-0.3, -0.25) is 0 Å². The van der Waals surface area contributed by atoms with E-state index in [1.54, 1.807) is 6.92 Å². The number of aromatic nitrogens is 1. The highest BCUT2D eigenvalue weighted by atomic mass is 16.4. The van der Waals surface area contributed by atoms with Crippen LogP contribution < -0.4 is 0 Å². The van der Waals surface area contributed by atoms with E-state index in [0.717, 1.165) is 0 Å². The van der Waals surface area contributed by atoms with Gasteiger partial charge in [0.15, 0.2) is 11.7 Å². The first-order chi connectivity index (χ1) is 5.74. The summed E-state index contributed by atoms with van der Waals surface area (Å²) in [5.41, 5.74) is 0. The zero-order chi connectivity index (χ0) is 8.97. The number of hydrogen-bond acceptors (Lipinski definition) is 4. The normalized spacial score (nSPS) is 13.2. The molecule has 1 unspecified atom stereocenters. The van der Waals surface area contributed by atoms with E-state index in [-0.39, 0.29) is 6.61 Å². The van der Waals surface area contributed by atoms with Gasteiger partial charge in [-0.15, -0.1) is 0 Å². The minimum absolute atomic E-state index is 0.131. The van der Waals surface area contributed by atoms with E-state index in [4.69, 9.17) is 14.6 Å². The summed E-state index contributed by atoms with van der Waals surface area (Å²) in [4.78, 5) is 3.94. The highest BCUT2D eigenvalue weighted by molar-refractivity contribution is 4.96. The average Bonchev–Trinajstić information content (AvgIpc) is 2.48. The summed E-state index contributed by atoms with van der Waals surface area (Å²) < 4.78 is 5.17. The molecule has 0 aliphatic carbocycles. The van der Waals surface area contributed by atoms with Gasteiger partial charge in [0, 0.05) is 13.0 Å². The number of aliphatic hydroxyl groups excluding tert-OH is 2. The largest absolute Gasteiger partial charge is 0.443 e. The number of aliphatic hydroxyl groups is 2. The van der Waals surface area contributed by atoms with Crippen molar-refractivity contribution in [2.24, 2.45) is 0 Å². The van der Waals surface area contributed by atoms with Crippen molar-refractivity contribution in [3.05, 3.63) is 17.8 Å². The van der Waals surface area contributed by atoms with Gasteiger partial charge in [0.05, 0.1) is 6.20 Å². The molecule has 1 aromatic rings. The molecule has 68 valence electrons. The maximum Gasteiger partial charge on any atom is 0.194 e. The molecule has 0 saturated carbocycles. The van der Waals surface area contributed by atoms with Crippen LogP contribution in [-0.2, 0) is 6.42 Å². The molecule has 0 saturated heterocycles. The van der Waals surface area contributed by atoms with E-state index in [1.807, 2.05) is 0 Å². The number of rotatable bonds is 4. The molecule has 0 amide bonds. The Bertz CT molecular complexity index is 232. The van der Waals surface area contributed by atoms with Crippen LogP contribution in [0.5, 0.6) is 0 Å². The Morgan fingerprint density at radius 1 is 1.67 bits per heavy atom. The van der Waals surface area contributed by atoms with Gasteiger partial charge < -0.3 is 14.6 Å². The minimum Gasteiger partial charge on any atom is -0.443 e. The fourth-order valence-corrected chi connectivity index (χ4v) is 0.863. The third-order valence-corrected chi connectivity index (χ3v) is 1.53. The molecular weight excluding hydrogens is 158 g/mol. The van der Waals surface area contributed by atoms with Gasteiger partial charge in [-0.1, -0.05) is 0 Å². The van der Waals surface area contributed by atoms with Gasteiger partial charge in [-0.2, -0.15) is 0 Å². The lowest BCUT2D eigenvalue weighted by Crippen LogP contribution is -1.89. The van der Waals surface area contributed by atoms with Crippen molar-refractivity contribution in [1.29, 1.82) is 0 Å². The summed E-state index contributed by atoms with van der Waals surface area (Å²) in [6.07, 6.45) is 2.15. The van der Waals surface area contributed by atoms with Gasteiger partial charge in [0.25, 0.3) is 0 Å². The quantitative estimate of drug-likeness (QED) is 0.698. The Hall–Kier alpha value is -0.870. The van der Waals surface area contributed by atoms with Crippen LogP contribution in [0.2, 0.25) is 0 Å². The van der Waals surface area contributed by atoms with Crippen molar-refractivity contribution in [1.82, 2.24) is 4.98 Å². The van der Waals surface area contributed by atoms with Crippen LogP contribution in [0.4, 0.5) is 0 Å².